The van der Waals surface area contributed by atoms with Crippen LogP contribution in [0.4, 0.5) is 0 Å². The van der Waals surface area contributed by atoms with Crippen molar-refractivity contribution in [2.24, 2.45) is 0 Å². The second-order valence-electron chi connectivity index (χ2n) is 7.12. The Kier molecular flexibility index (Phi) is 4.44. The maximum atomic E-state index is 12.0. The molecule has 19 heavy (non-hydrogen) atoms. The Morgan fingerprint density at radius 3 is 1.95 bits per heavy atom. The van der Waals surface area contributed by atoms with Gasteiger partial charge in [-0.1, -0.05) is 47.6 Å². The molecule has 0 radical (unpaired) electrons. The van der Waals surface area contributed by atoms with Crippen molar-refractivity contribution in [3.05, 3.63) is 34.9 Å². The van der Waals surface area contributed by atoms with E-state index in [-0.39, 0.29) is 16.7 Å². The summed E-state index contributed by atoms with van der Waals surface area (Å²) in [5, 5.41) is 2.86. The second kappa shape index (κ2) is 5.36. The van der Waals surface area contributed by atoms with Crippen LogP contribution in [0.5, 0.6) is 0 Å². The number of hydrogen-bond donors (Lipinski definition) is 1. The Morgan fingerprint density at radius 1 is 1.00 bits per heavy atom. The number of carbonyl (C=O) groups excluding carboxylic acids is 1. The average Bonchev–Trinajstić information content (AvgIpc) is 2.26. The van der Waals surface area contributed by atoms with Crippen LogP contribution >= 0.6 is 0 Å². The van der Waals surface area contributed by atoms with Gasteiger partial charge < -0.3 is 5.32 Å². The number of benzene rings is 1. The van der Waals surface area contributed by atoms with Crippen LogP contribution in [-0.4, -0.2) is 12.5 Å². The Hall–Kier alpha value is -1.31. The van der Waals surface area contributed by atoms with Crippen LogP contribution in [0.2, 0.25) is 0 Å². The normalized spacial score (nSPS) is 12.4. The molecular formula is C17H27NO. The number of rotatable bonds is 2. The second-order valence-corrected chi connectivity index (χ2v) is 7.12. The van der Waals surface area contributed by atoms with Crippen LogP contribution in [0.25, 0.3) is 0 Å². The largest absolute Gasteiger partial charge is 0.352 e. The fraction of sp³-hybridized carbons (Fsp3) is 0.588. The molecule has 1 N–H and O–H groups in total. The molecule has 0 unspecified atom stereocenters. The van der Waals surface area contributed by atoms with Gasteiger partial charge in [-0.15, -0.1) is 0 Å². The molecule has 0 spiro atoms. The Balaban J connectivity index is 3.36. The summed E-state index contributed by atoms with van der Waals surface area (Å²) in [7, 11) is 0. The van der Waals surface area contributed by atoms with Gasteiger partial charge in [-0.05, 0) is 41.0 Å². The minimum absolute atomic E-state index is 0.00783. The first-order valence-corrected chi connectivity index (χ1v) is 7.00. The smallest absolute Gasteiger partial charge is 0.251 e. The fourth-order valence-corrected chi connectivity index (χ4v) is 2.22. The summed E-state index contributed by atoms with van der Waals surface area (Å²) in [6, 6.07) is 6.08. The van der Waals surface area contributed by atoms with Crippen LogP contribution < -0.4 is 5.32 Å². The predicted octanol–water partition coefficient (Wildman–Crippen LogP) is 4.03. The zero-order valence-electron chi connectivity index (χ0n) is 13.3. The summed E-state index contributed by atoms with van der Waals surface area (Å²) in [6.45, 7) is 15.8. The van der Waals surface area contributed by atoms with E-state index in [0.29, 0.717) is 6.54 Å². The highest BCUT2D eigenvalue weighted by atomic mass is 16.1. The van der Waals surface area contributed by atoms with Crippen molar-refractivity contribution in [3.63, 3.8) is 0 Å². The van der Waals surface area contributed by atoms with Gasteiger partial charge in [-0.3, -0.25) is 4.79 Å². The monoisotopic (exact) mass is 261 g/mol. The van der Waals surface area contributed by atoms with E-state index in [1.807, 2.05) is 19.1 Å². The number of amides is 1. The lowest BCUT2D eigenvalue weighted by molar-refractivity contribution is 0.0955. The summed E-state index contributed by atoms with van der Waals surface area (Å²) in [5.41, 5.74) is 3.43. The summed E-state index contributed by atoms with van der Waals surface area (Å²) in [5.74, 6) is 0.00783. The molecule has 0 bridgehead atoms. The summed E-state index contributed by atoms with van der Waals surface area (Å²) < 4.78 is 0. The van der Waals surface area contributed by atoms with E-state index in [4.69, 9.17) is 0 Å². The Bertz CT molecular complexity index is 461. The van der Waals surface area contributed by atoms with Crippen LogP contribution in [0, 0.1) is 0 Å². The van der Waals surface area contributed by atoms with Gasteiger partial charge in [0.2, 0.25) is 0 Å². The zero-order valence-corrected chi connectivity index (χ0v) is 13.3. The maximum Gasteiger partial charge on any atom is 0.251 e. The van der Waals surface area contributed by atoms with E-state index in [1.54, 1.807) is 0 Å². The van der Waals surface area contributed by atoms with Gasteiger partial charge in [0, 0.05) is 12.1 Å². The van der Waals surface area contributed by atoms with Crippen molar-refractivity contribution < 1.29 is 4.79 Å². The van der Waals surface area contributed by atoms with Gasteiger partial charge in [0.15, 0.2) is 0 Å². The summed E-state index contributed by atoms with van der Waals surface area (Å²) >= 11 is 0. The molecule has 0 aliphatic heterocycles. The van der Waals surface area contributed by atoms with E-state index >= 15 is 0 Å². The molecule has 106 valence electrons. The SMILES string of the molecule is CCNC(=O)c1ccc(C(C)(C)C)c(C(C)(C)C)c1. The number of nitrogens with one attached hydrogen (secondary N) is 1. The van der Waals surface area contributed by atoms with E-state index in [1.165, 1.54) is 11.1 Å². The summed E-state index contributed by atoms with van der Waals surface area (Å²) in [4.78, 5) is 12.0. The van der Waals surface area contributed by atoms with Crippen molar-refractivity contribution in [2.45, 2.75) is 59.3 Å². The molecule has 1 aromatic carbocycles. The highest BCUT2D eigenvalue weighted by Crippen LogP contribution is 2.34. The van der Waals surface area contributed by atoms with Gasteiger partial charge in [0.05, 0.1) is 0 Å². The topological polar surface area (TPSA) is 29.1 Å². The molecule has 0 heterocycles. The minimum atomic E-state index is 0.00783. The Labute approximate surface area is 117 Å². The molecule has 0 aliphatic carbocycles. The van der Waals surface area contributed by atoms with Gasteiger partial charge in [0.25, 0.3) is 5.91 Å². The first-order valence-electron chi connectivity index (χ1n) is 7.00. The molecule has 1 amide bonds. The third kappa shape index (κ3) is 3.82. The van der Waals surface area contributed by atoms with E-state index in [0.717, 1.165) is 5.56 Å². The molecular weight excluding hydrogens is 234 g/mol. The highest BCUT2D eigenvalue weighted by Gasteiger charge is 2.25. The molecule has 0 aromatic heterocycles. The molecule has 0 atom stereocenters. The molecule has 1 aromatic rings. The van der Waals surface area contributed by atoms with Crippen LogP contribution in [0.3, 0.4) is 0 Å². The standard InChI is InChI=1S/C17H27NO/c1-8-18-15(19)12-9-10-13(16(2,3)4)14(11-12)17(5,6)7/h9-11H,8H2,1-7H3,(H,18,19). The van der Waals surface area contributed by atoms with Gasteiger partial charge in [-0.25, -0.2) is 0 Å². The lowest BCUT2D eigenvalue weighted by Crippen LogP contribution is -2.26. The first kappa shape index (κ1) is 15.7. The average molecular weight is 261 g/mol. The van der Waals surface area contributed by atoms with Crippen molar-refractivity contribution in [1.82, 2.24) is 5.32 Å². The molecule has 2 nitrogen and oxygen atoms in total. The lowest BCUT2D eigenvalue weighted by Gasteiger charge is -2.30. The molecule has 0 fully saturated rings. The van der Waals surface area contributed by atoms with Crippen LogP contribution in [-0.2, 0) is 10.8 Å². The molecule has 2 heteroatoms. The van der Waals surface area contributed by atoms with Gasteiger partial charge >= 0.3 is 0 Å². The zero-order chi connectivity index (χ0) is 14.8. The quantitative estimate of drug-likeness (QED) is 0.855. The van der Waals surface area contributed by atoms with Crippen molar-refractivity contribution >= 4 is 5.91 Å². The van der Waals surface area contributed by atoms with Crippen LogP contribution in [0.15, 0.2) is 18.2 Å². The van der Waals surface area contributed by atoms with Gasteiger partial charge in [-0.2, -0.15) is 0 Å². The van der Waals surface area contributed by atoms with Crippen molar-refractivity contribution in [1.29, 1.82) is 0 Å². The number of carbonyl (C=O) groups is 1. The molecule has 0 saturated carbocycles. The maximum absolute atomic E-state index is 12.0. The predicted molar refractivity (Wildman–Crippen MR) is 81.8 cm³/mol. The van der Waals surface area contributed by atoms with E-state index in [2.05, 4.69) is 52.9 Å². The molecule has 1 rings (SSSR count). The lowest BCUT2D eigenvalue weighted by atomic mass is 9.74. The van der Waals surface area contributed by atoms with Crippen molar-refractivity contribution in [3.8, 4) is 0 Å². The third-order valence-corrected chi connectivity index (χ3v) is 3.24. The van der Waals surface area contributed by atoms with Gasteiger partial charge in [0.1, 0.15) is 0 Å². The highest BCUT2D eigenvalue weighted by molar-refractivity contribution is 5.94. The molecule has 0 saturated heterocycles. The summed E-state index contributed by atoms with van der Waals surface area (Å²) in [6.07, 6.45) is 0. The minimum Gasteiger partial charge on any atom is -0.352 e. The first-order chi connectivity index (χ1) is 8.57. The van der Waals surface area contributed by atoms with E-state index < -0.39 is 0 Å². The third-order valence-electron chi connectivity index (χ3n) is 3.24. The Morgan fingerprint density at radius 2 is 1.53 bits per heavy atom. The van der Waals surface area contributed by atoms with E-state index in [9.17, 15) is 4.79 Å². The molecule has 0 aliphatic rings. The van der Waals surface area contributed by atoms with Crippen molar-refractivity contribution in [2.75, 3.05) is 6.54 Å². The number of hydrogen-bond acceptors (Lipinski definition) is 1. The van der Waals surface area contributed by atoms with Crippen LogP contribution in [0.1, 0.15) is 70.0 Å². The fourth-order valence-electron chi connectivity index (χ4n) is 2.22.